The molecule has 0 aromatic carbocycles. The lowest BCUT2D eigenvalue weighted by Gasteiger charge is -2.09. The van der Waals surface area contributed by atoms with Crippen molar-refractivity contribution in [1.82, 2.24) is 4.98 Å². The first kappa shape index (κ1) is 6.52. The molecule has 1 aliphatic rings. The third-order valence-corrected chi connectivity index (χ3v) is 2.79. The molecule has 4 heteroatoms. The van der Waals surface area contributed by atoms with Gasteiger partial charge in [0, 0.05) is 12.1 Å². The Bertz CT molecular complexity index is 262. The third-order valence-electron chi connectivity index (χ3n) is 1.53. The molecule has 0 saturated heterocycles. The van der Waals surface area contributed by atoms with Crippen LogP contribution in [0, 0.1) is 3.95 Å². The van der Waals surface area contributed by atoms with Crippen molar-refractivity contribution in [3.05, 3.63) is 14.5 Å². The van der Waals surface area contributed by atoms with Gasteiger partial charge < -0.3 is 9.72 Å². The van der Waals surface area contributed by atoms with E-state index in [-0.39, 0.29) is 0 Å². The predicted octanol–water partition coefficient (Wildman–Crippen LogP) is 1.88. The SMILES string of the molecule is S=c1[nH]c2c(s1)COCC2. The molecule has 0 spiro atoms. The second kappa shape index (κ2) is 2.45. The molecule has 0 saturated carbocycles. The standard InChI is InChI=1S/C6H7NOS2/c9-6-7-4-1-2-8-3-5(4)10-6/h1-3H2,(H,7,9). The zero-order valence-electron chi connectivity index (χ0n) is 5.35. The second-order valence-corrected chi connectivity index (χ2v) is 3.99. The van der Waals surface area contributed by atoms with Crippen LogP contribution >= 0.6 is 23.6 Å². The summed E-state index contributed by atoms with van der Waals surface area (Å²) in [7, 11) is 0. The van der Waals surface area contributed by atoms with Gasteiger partial charge in [-0.2, -0.15) is 0 Å². The van der Waals surface area contributed by atoms with Crippen LogP contribution in [0.15, 0.2) is 0 Å². The number of rotatable bonds is 0. The second-order valence-electron chi connectivity index (χ2n) is 2.22. The highest BCUT2D eigenvalue weighted by Crippen LogP contribution is 2.20. The van der Waals surface area contributed by atoms with Crippen LogP contribution in [-0.4, -0.2) is 11.6 Å². The Morgan fingerprint density at radius 2 is 2.50 bits per heavy atom. The summed E-state index contributed by atoms with van der Waals surface area (Å²) in [6.07, 6.45) is 0.989. The Kier molecular flexibility index (Phi) is 1.60. The molecule has 0 radical (unpaired) electrons. The van der Waals surface area contributed by atoms with E-state index in [0.717, 1.165) is 23.6 Å². The molecular formula is C6H7NOS2. The van der Waals surface area contributed by atoms with E-state index in [1.807, 2.05) is 0 Å². The van der Waals surface area contributed by atoms with Crippen molar-refractivity contribution in [2.45, 2.75) is 13.0 Å². The highest BCUT2D eigenvalue weighted by molar-refractivity contribution is 7.73. The van der Waals surface area contributed by atoms with Gasteiger partial charge in [-0.3, -0.25) is 0 Å². The summed E-state index contributed by atoms with van der Waals surface area (Å²) in [5, 5.41) is 0. The molecule has 54 valence electrons. The molecule has 0 atom stereocenters. The van der Waals surface area contributed by atoms with Gasteiger partial charge in [-0.1, -0.05) is 0 Å². The zero-order chi connectivity index (χ0) is 6.97. The van der Waals surface area contributed by atoms with Crippen molar-refractivity contribution in [3.63, 3.8) is 0 Å². The summed E-state index contributed by atoms with van der Waals surface area (Å²) in [6.45, 7) is 1.57. The van der Waals surface area contributed by atoms with Gasteiger partial charge >= 0.3 is 0 Å². The van der Waals surface area contributed by atoms with E-state index < -0.39 is 0 Å². The van der Waals surface area contributed by atoms with Crippen LogP contribution in [0.1, 0.15) is 10.6 Å². The smallest absolute Gasteiger partial charge is 0.158 e. The van der Waals surface area contributed by atoms with Crippen molar-refractivity contribution in [2.75, 3.05) is 6.61 Å². The van der Waals surface area contributed by atoms with Crippen LogP contribution in [0.5, 0.6) is 0 Å². The number of hydrogen-bond donors (Lipinski definition) is 1. The minimum atomic E-state index is 0.743. The molecule has 0 amide bonds. The number of aromatic nitrogens is 1. The van der Waals surface area contributed by atoms with Gasteiger partial charge in [-0.25, -0.2) is 0 Å². The van der Waals surface area contributed by atoms with Crippen LogP contribution < -0.4 is 0 Å². The topological polar surface area (TPSA) is 25.0 Å². The fourth-order valence-corrected chi connectivity index (χ4v) is 2.29. The van der Waals surface area contributed by atoms with E-state index >= 15 is 0 Å². The first-order valence-electron chi connectivity index (χ1n) is 3.15. The van der Waals surface area contributed by atoms with Crippen LogP contribution in [0.25, 0.3) is 0 Å². The summed E-state index contributed by atoms with van der Waals surface area (Å²) < 4.78 is 6.12. The number of H-pyrrole nitrogens is 1. The molecule has 0 bridgehead atoms. The Balaban J connectivity index is 2.50. The van der Waals surface area contributed by atoms with E-state index in [9.17, 15) is 0 Å². The summed E-state index contributed by atoms with van der Waals surface area (Å²) in [6, 6.07) is 0. The van der Waals surface area contributed by atoms with Crippen LogP contribution in [0.3, 0.4) is 0 Å². The van der Waals surface area contributed by atoms with Crippen LogP contribution in [-0.2, 0) is 17.8 Å². The largest absolute Gasteiger partial charge is 0.375 e. The van der Waals surface area contributed by atoms with E-state index in [2.05, 4.69) is 4.98 Å². The first-order valence-corrected chi connectivity index (χ1v) is 4.37. The molecule has 10 heavy (non-hydrogen) atoms. The van der Waals surface area contributed by atoms with E-state index in [4.69, 9.17) is 17.0 Å². The summed E-state index contributed by atoms with van der Waals surface area (Å²) in [5.74, 6) is 0. The Morgan fingerprint density at radius 3 is 3.30 bits per heavy atom. The van der Waals surface area contributed by atoms with Gasteiger partial charge in [0.15, 0.2) is 3.95 Å². The van der Waals surface area contributed by atoms with Crippen LogP contribution in [0.2, 0.25) is 0 Å². The van der Waals surface area contributed by atoms with Gasteiger partial charge in [0.05, 0.1) is 18.1 Å². The lowest BCUT2D eigenvalue weighted by molar-refractivity contribution is 0.112. The molecule has 1 aliphatic heterocycles. The Hall–Kier alpha value is -0.190. The average molecular weight is 173 g/mol. The molecule has 2 rings (SSSR count). The highest BCUT2D eigenvalue weighted by Gasteiger charge is 2.10. The van der Waals surface area contributed by atoms with Gasteiger partial charge in [0.25, 0.3) is 0 Å². The van der Waals surface area contributed by atoms with Crippen molar-refractivity contribution in [2.24, 2.45) is 0 Å². The lowest BCUT2D eigenvalue weighted by atomic mass is 10.2. The minimum Gasteiger partial charge on any atom is -0.375 e. The molecule has 2 nitrogen and oxygen atoms in total. The number of nitrogens with one attached hydrogen (secondary N) is 1. The molecule has 0 fully saturated rings. The number of fused-ring (bicyclic) bond motifs is 1. The summed E-state index contributed by atoms with van der Waals surface area (Å²) >= 11 is 6.61. The Labute approximate surface area is 67.9 Å². The van der Waals surface area contributed by atoms with Gasteiger partial charge in [-0.05, 0) is 12.2 Å². The van der Waals surface area contributed by atoms with E-state index in [0.29, 0.717) is 0 Å². The number of thiazole rings is 1. The van der Waals surface area contributed by atoms with Crippen molar-refractivity contribution in [3.8, 4) is 0 Å². The summed E-state index contributed by atoms with van der Waals surface area (Å²) in [4.78, 5) is 4.42. The molecule has 0 aliphatic carbocycles. The average Bonchev–Trinajstić information content (AvgIpc) is 2.27. The molecule has 1 aromatic heterocycles. The molecule has 0 unspecified atom stereocenters. The molecule has 1 aromatic rings. The highest BCUT2D eigenvalue weighted by atomic mass is 32.1. The van der Waals surface area contributed by atoms with Gasteiger partial charge in [0.2, 0.25) is 0 Å². The van der Waals surface area contributed by atoms with Crippen molar-refractivity contribution >= 4 is 23.6 Å². The fraction of sp³-hybridized carbons (Fsp3) is 0.500. The lowest BCUT2D eigenvalue weighted by Crippen LogP contribution is -2.07. The number of aromatic amines is 1. The maximum Gasteiger partial charge on any atom is 0.158 e. The van der Waals surface area contributed by atoms with Crippen molar-refractivity contribution < 1.29 is 4.74 Å². The zero-order valence-corrected chi connectivity index (χ0v) is 6.98. The quantitative estimate of drug-likeness (QED) is 0.606. The summed E-state index contributed by atoms with van der Waals surface area (Å²) in [5.41, 5.74) is 1.28. The normalized spacial score (nSPS) is 16.8. The minimum absolute atomic E-state index is 0.743. The predicted molar refractivity (Wildman–Crippen MR) is 42.9 cm³/mol. The number of ether oxygens (including phenoxy) is 1. The fourth-order valence-electron chi connectivity index (χ4n) is 1.05. The van der Waals surface area contributed by atoms with E-state index in [1.165, 1.54) is 10.6 Å². The molecule has 1 N–H and O–H groups in total. The van der Waals surface area contributed by atoms with E-state index in [1.54, 1.807) is 11.3 Å². The number of hydrogen-bond acceptors (Lipinski definition) is 3. The van der Waals surface area contributed by atoms with Crippen LogP contribution in [0.4, 0.5) is 0 Å². The van der Waals surface area contributed by atoms with Gasteiger partial charge in [0.1, 0.15) is 0 Å². The van der Waals surface area contributed by atoms with Gasteiger partial charge in [-0.15, -0.1) is 11.3 Å². The maximum atomic E-state index is 5.25. The Morgan fingerprint density at radius 1 is 1.60 bits per heavy atom. The third kappa shape index (κ3) is 1.02. The monoisotopic (exact) mass is 173 g/mol. The molecule has 2 heterocycles. The molecular weight excluding hydrogens is 166 g/mol. The first-order chi connectivity index (χ1) is 4.86. The maximum absolute atomic E-state index is 5.25. The van der Waals surface area contributed by atoms with Crippen molar-refractivity contribution in [1.29, 1.82) is 0 Å².